The van der Waals surface area contributed by atoms with E-state index in [2.05, 4.69) is 13.5 Å². The van der Waals surface area contributed by atoms with Gasteiger partial charge in [0.2, 0.25) is 0 Å². The molecule has 0 spiro atoms. The van der Waals surface area contributed by atoms with E-state index in [1.807, 2.05) is 6.08 Å². The zero-order valence-corrected chi connectivity index (χ0v) is 10.8. The molecule has 2 nitrogen and oxygen atoms in total. The third-order valence-corrected chi connectivity index (χ3v) is 5.01. The Hall–Kier alpha value is -1.05. The molecule has 3 atom stereocenters. The van der Waals surface area contributed by atoms with E-state index in [4.69, 9.17) is 5.11 Å². The second-order valence-electron chi connectivity index (χ2n) is 5.88. The summed E-state index contributed by atoms with van der Waals surface area (Å²) in [6.07, 6.45) is 7.74. The van der Waals surface area contributed by atoms with Crippen molar-refractivity contribution in [2.24, 2.45) is 17.3 Å². The third-order valence-electron chi connectivity index (χ3n) is 5.01. The summed E-state index contributed by atoms with van der Waals surface area (Å²) in [6, 6.07) is 0. The van der Waals surface area contributed by atoms with Crippen molar-refractivity contribution < 1.29 is 9.90 Å². The molecule has 3 unspecified atom stereocenters. The van der Waals surface area contributed by atoms with E-state index >= 15 is 0 Å². The lowest BCUT2D eigenvalue weighted by Gasteiger charge is -2.36. The molecule has 2 aliphatic rings. The molecule has 2 rings (SSSR count). The van der Waals surface area contributed by atoms with Crippen molar-refractivity contribution in [3.05, 3.63) is 23.8 Å². The van der Waals surface area contributed by atoms with Gasteiger partial charge in [-0.1, -0.05) is 25.2 Å². The second kappa shape index (κ2) is 4.32. The van der Waals surface area contributed by atoms with Gasteiger partial charge in [-0.2, -0.15) is 0 Å². The van der Waals surface area contributed by atoms with Gasteiger partial charge in [0, 0.05) is 5.57 Å². The summed E-state index contributed by atoms with van der Waals surface area (Å²) in [5.41, 5.74) is 2.15. The first kappa shape index (κ1) is 12.4. The van der Waals surface area contributed by atoms with Gasteiger partial charge in [-0.3, -0.25) is 0 Å². The van der Waals surface area contributed by atoms with Crippen molar-refractivity contribution in [3.8, 4) is 0 Å². The first-order chi connectivity index (χ1) is 7.95. The molecule has 0 saturated heterocycles. The number of hydrogen-bond donors (Lipinski definition) is 1. The number of carboxylic acid groups (broad SMARTS) is 1. The summed E-state index contributed by atoms with van der Waals surface area (Å²) < 4.78 is 0. The maximum absolute atomic E-state index is 10.7. The van der Waals surface area contributed by atoms with Gasteiger partial charge in [0.1, 0.15) is 0 Å². The number of fused-ring (bicyclic) bond motifs is 2. The number of hydrogen-bond acceptors (Lipinski definition) is 1. The van der Waals surface area contributed by atoms with E-state index in [9.17, 15) is 4.79 Å². The summed E-state index contributed by atoms with van der Waals surface area (Å²) in [6.45, 7) is 8.28. The van der Waals surface area contributed by atoms with Crippen molar-refractivity contribution >= 4 is 5.97 Å². The minimum absolute atomic E-state index is 0.262. The molecule has 2 heteroatoms. The molecule has 2 aliphatic carbocycles. The molecule has 0 aromatic rings. The van der Waals surface area contributed by atoms with E-state index < -0.39 is 5.97 Å². The molecule has 0 radical (unpaired) electrons. The fraction of sp³-hybridized carbons (Fsp3) is 0.667. The average Bonchev–Trinajstić information content (AvgIpc) is 2.83. The Morgan fingerprint density at radius 3 is 2.82 bits per heavy atom. The fourth-order valence-corrected chi connectivity index (χ4v) is 3.65. The SMILES string of the molecule is C=C1C2CCC(C2)C1(C)CC/C=C(\C)C(=O)O. The van der Waals surface area contributed by atoms with Crippen LogP contribution in [0.4, 0.5) is 0 Å². The summed E-state index contributed by atoms with van der Waals surface area (Å²) >= 11 is 0. The molecule has 2 fully saturated rings. The summed E-state index contributed by atoms with van der Waals surface area (Å²) in [5.74, 6) is 0.731. The normalized spacial score (nSPS) is 36.6. The molecule has 0 aliphatic heterocycles. The molecule has 0 aromatic heterocycles. The Morgan fingerprint density at radius 2 is 2.29 bits per heavy atom. The smallest absolute Gasteiger partial charge is 0.330 e. The van der Waals surface area contributed by atoms with Crippen molar-refractivity contribution in [3.63, 3.8) is 0 Å². The van der Waals surface area contributed by atoms with E-state index in [-0.39, 0.29) is 5.41 Å². The number of rotatable bonds is 4. The maximum Gasteiger partial charge on any atom is 0.330 e. The molecule has 1 N–H and O–H groups in total. The van der Waals surface area contributed by atoms with Gasteiger partial charge < -0.3 is 5.11 Å². The highest BCUT2D eigenvalue weighted by molar-refractivity contribution is 5.85. The minimum atomic E-state index is -0.804. The van der Waals surface area contributed by atoms with Crippen LogP contribution in [0.2, 0.25) is 0 Å². The Bertz CT molecular complexity index is 380. The lowest BCUT2D eigenvalue weighted by Crippen LogP contribution is -2.26. The summed E-state index contributed by atoms with van der Waals surface area (Å²) in [5, 5.41) is 8.81. The quantitative estimate of drug-likeness (QED) is 0.593. The van der Waals surface area contributed by atoms with E-state index in [0.29, 0.717) is 5.57 Å². The van der Waals surface area contributed by atoms with Crippen LogP contribution in [0.3, 0.4) is 0 Å². The van der Waals surface area contributed by atoms with Crippen LogP contribution in [0.15, 0.2) is 23.8 Å². The van der Waals surface area contributed by atoms with Gasteiger partial charge >= 0.3 is 5.97 Å². The van der Waals surface area contributed by atoms with E-state index in [1.54, 1.807) is 6.92 Å². The first-order valence-electron chi connectivity index (χ1n) is 6.54. The van der Waals surface area contributed by atoms with Crippen LogP contribution in [0.5, 0.6) is 0 Å². The third kappa shape index (κ3) is 2.05. The van der Waals surface area contributed by atoms with Crippen molar-refractivity contribution in [2.45, 2.75) is 46.0 Å². The van der Waals surface area contributed by atoms with Crippen LogP contribution >= 0.6 is 0 Å². The maximum atomic E-state index is 10.7. The molecule has 0 amide bonds. The Kier molecular flexibility index (Phi) is 3.15. The Morgan fingerprint density at radius 1 is 1.59 bits per heavy atom. The van der Waals surface area contributed by atoms with E-state index in [1.165, 1.54) is 24.8 Å². The van der Waals surface area contributed by atoms with Gasteiger partial charge in [-0.15, -0.1) is 0 Å². The van der Waals surface area contributed by atoms with Crippen LogP contribution in [0.1, 0.15) is 46.0 Å². The van der Waals surface area contributed by atoms with Crippen LogP contribution < -0.4 is 0 Å². The lowest BCUT2D eigenvalue weighted by molar-refractivity contribution is -0.132. The monoisotopic (exact) mass is 234 g/mol. The topological polar surface area (TPSA) is 37.3 Å². The highest BCUT2D eigenvalue weighted by Gasteiger charge is 2.49. The largest absolute Gasteiger partial charge is 0.478 e. The fourth-order valence-electron chi connectivity index (χ4n) is 3.65. The zero-order chi connectivity index (χ0) is 12.6. The number of aliphatic carboxylic acids is 1. The van der Waals surface area contributed by atoms with Crippen LogP contribution in [0.25, 0.3) is 0 Å². The highest BCUT2D eigenvalue weighted by atomic mass is 16.4. The second-order valence-corrected chi connectivity index (χ2v) is 5.88. The van der Waals surface area contributed by atoms with Gasteiger partial charge in [-0.05, 0) is 56.3 Å². The van der Waals surface area contributed by atoms with Gasteiger partial charge in [0.25, 0.3) is 0 Å². The van der Waals surface area contributed by atoms with Crippen molar-refractivity contribution in [2.75, 3.05) is 0 Å². The predicted octanol–water partition coefficient (Wildman–Crippen LogP) is 3.79. The predicted molar refractivity (Wildman–Crippen MR) is 68.7 cm³/mol. The van der Waals surface area contributed by atoms with Crippen LogP contribution in [-0.2, 0) is 4.79 Å². The summed E-state index contributed by atoms with van der Waals surface area (Å²) in [7, 11) is 0. The summed E-state index contributed by atoms with van der Waals surface area (Å²) in [4.78, 5) is 10.7. The number of carbonyl (C=O) groups is 1. The van der Waals surface area contributed by atoms with Gasteiger partial charge in [-0.25, -0.2) is 4.79 Å². The van der Waals surface area contributed by atoms with Crippen molar-refractivity contribution in [1.29, 1.82) is 0 Å². The molecule has 2 bridgehead atoms. The molecular weight excluding hydrogens is 212 g/mol. The average molecular weight is 234 g/mol. The Labute approximate surface area is 103 Å². The Balaban J connectivity index is 1.97. The molecule has 0 heterocycles. The molecular formula is C15H22O2. The molecule has 17 heavy (non-hydrogen) atoms. The molecule has 0 aromatic carbocycles. The molecule has 94 valence electrons. The number of carboxylic acids is 1. The van der Waals surface area contributed by atoms with Crippen LogP contribution in [-0.4, -0.2) is 11.1 Å². The van der Waals surface area contributed by atoms with Gasteiger partial charge in [0.15, 0.2) is 0 Å². The van der Waals surface area contributed by atoms with Gasteiger partial charge in [0.05, 0.1) is 0 Å². The first-order valence-corrected chi connectivity index (χ1v) is 6.54. The zero-order valence-electron chi connectivity index (χ0n) is 10.8. The van der Waals surface area contributed by atoms with Crippen LogP contribution in [0, 0.1) is 17.3 Å². The lowest BCUT2D eigenvalue weighted by atomic mass is 9.69. The molecule has 2 saturated carbocycles. The minimum Gasteiger partial charge on any atom is -0.478 e. The highest BCUT2D eigenvalue weighted by Crippen LogP contribution is 2.60. The van der Waals surface area contributed by atoms with Crippen molar-refractivity contribution in [1.82, 2.24) is 0 Å². The van der Waals surface area contributed by atoms with E-state index in [0.717, 1.165) is 24.7 Å². The number of allylic oxidation sites excluding steroid dienone is 2. The standard InChI is InChI=1S/C15H22O2/c1-10(14(16)17)5-4-8-15(3)11(2)12-6-7-13(15)9-12/h5,12-13H,2,4,6-9H2,1,3H3,(H,16,17)/b10-5+.